The highest BCUT2D eigenvalue weighted by atomic mass is 35.5. The SMILES string of the molecule is O=C(O[C@@H](C(=O)Nc1ccc([N+](=O)[O-])cc1Cl)c1ccccc1)c1ccncc1. The zero-order valence-electron chi connectivity index (χ0n) is 14.8. The third kappa shape index (κ3) is 4.94. The van der Waals surface area contributed by atoms with E-state index in [1.807, 2.05) is 0 Å². The number of nitro benzene ring substituents is 1. The van der Waals surface area contributed by atoms with Crippen LogP contribution in [0.5, 0.6) is 0 Å². The molecule has 0 saturated carbocycles. The second-order valence-corrected chi connectivity index (χ2v) is 6.25. The number of benzene rings is 2. The van der Waals surface area contributed by atoms with Gasteiger partial charge in [-0.3, -0.25) is 19.9 Å². The molecule has 29 heavy (non-hydrogen) atoms. The Bertz CT molecular complexity index is 1040. The lowest BCUT2D eigenvalue weighted by atomic mass is 10.1. The Labute approximate surface area is 170 Å². The third-order valence-electron chi connectivity index (χ3n) is 3.90. The first-order valence-corrected chi connectivity index (χ1v) is 8.74. The van der Waals surface area contributed by atoms with E-state index in [4.69, 9.17) is 16.3 Å². The number of amides is 1. The maximum atomic E-state index is 12.9. The fraction of sp³-hybridized carbons (Fsp3) is 0.0500. The van der Waals surface area contributed by atoms with Crippen LogP contribution >= 0.6 is 11.6 Å². The van der Waals surface area contributed by atoms with Gasteiger partial charge in [0.1, 0.15) is 0 Å². The molecule has 1 amide bonds. The van der Waals surface area contributed by atoms with Crippen LogP contribution in [0.3, 0.4) is 0 Å². The first kappa shape index (κ1) is 20.0. The highest BCUT2D eigenvalue weighted by Gasteiger charge is 2.26. The number of nitro groups is 1. The zero-order chi connectivity index (χ0) is 20.8. The molecule has 0 aliphatic heterocycles. The van der Waals surface area contributed by atoms with Crippen molar-refractivity contribution in [1.82, 2.24) is 4.98 Å². The highest BCUT2D eigenvalue weighted by molar-refractivity contribution is 6.34. The van der Waals surface area contributed by atoms with Crippen molar-refractivity contribution in [3.63, 3.8) is 0 Å². The highest BCUT2D eigenvalue weighted by Crippen LogP contribution is 2.28. The van der Waals surface area contributed by atoms with Gasteiger partial charge in [0, 0.05) is 30.1 Å². The molecule has 0 bridgehead atoms. The van der Waals surface area contributed by atoms with Gasteiger partial charge in [0.25, 0.3) is 11.6 Å². The number of nitrogens with zero attached hydrogens (tertiary/aromatic N) is 2. The molecule has 0 fully saturated rings. The summed E-state index contributed by atoms with van der Waals surface area (Å²) in [6, 6.07) is 15.0. The van der Waals surface area contributed by atoms with Crippen molar-refractivity contribution < 1.29 is 19.2 Å². The minimum atomic E-state index is -1.26. The number of esters is 1. The van der Waals surface area contributed by atoms with E-state index in [1.165, 1.54) is 36.7 Å². The van der Waals surface area contributed by atoms with Crippen LogP contribution in [0.2, 0.25) is 5.02 Å². The monoisotopic (exact) mass is 411 g/mol. The van der Waals surface area contributed by atoms with Crippen molar-refractivity contribution in [2.24, 2.45) is 0 Å². The summed E-state index contributed by atoms with van der Waals surface area (Å²) in [5, 5.41) is 13.4. The van der Waals surface area contributed by atoms with Crippen molar-refractivity contribution in [1.29, 1.82) is 0 Å². The molecule has 0 aliphatic carbocycles. The number of carbonyl (C=O) groups is 2. The minimum Gasteiger partial charge on any atom is -0.444 e. The number of aromatic nitrogens is 1. The molecule has 9 heteroatoms. The molecule has 2 aromatic carbocycles. The maximum absolute atomic E-state index is 12.9. The predicted octanol–water partition coefficient (Wildman–Crippen LogP) is 4.18. The summed E-state index contributed by atoms with van der Waals surface area (Å²) in [5.41, 5.74) is 0.632. The summed E-state index contributed by atoms with van der Waals surface area (Å²) in [5.74, 6) is -1.36. The lowest BCUT2D eigenvalue weighted by molar-refractivity contribution is -0.384. The Kier molecular flexibility index (Phi) is 6.16. The molecule has 8 nitrogen and oxygen atoms in total. The predicted molar refractivity (Wildman–Crippen MR) is 106 cm³/mol. The van der Waals surface area contributed by atoms with Crippen LogP contribution in [0, 0.1) is 10.1 Å². The molecule has 146 valence electrons. The smallest absolute Gasteiger partial charge is 0.339 e. The molecule has 0 spiro atoms. The third-order valence-corrected chi connectivity index (χ3v) is 4.22. The van der Waals surface area contributed by atoms with E-state index in [1.54, 1.807) is 30.3 Å². The summed E-state index contributed by atoms with van der Waals surface area (Å²) >= 11 is 6.04. The number of nitrogens with one attached hydrogen (secondary N) is 1. The Balaban J connectivity index is 1.85. The van der Waals surface area contributed by atoms with Crippen molar-refractivity contribution >= 4 is 34.9 Å². The topological polar surface area (TPSA) is 111 Å². The molecule has 0 unspecified atom stereocenters. The van der Waals surface area contributed by atoms with E-state index in [2.05, 4.69) is 10.3 Å². The molecular formula is C20H14ClN3O5. The maximum Gasteiger partial charge on any atom is 0.339 e. The number of hydrogen-bond donors (Lipinski definition) is 1. The molecule has 0 saturated heterocycles. The minimum absolute atomic E-state index is 0.0141. The first-order chi connectivity index (χ1) is 14.0. The largest absolute Gasteiger partial charge is 0.444 e. The average molecular weight is 412 g/mol. The molecule has 1 atom stereocenters. The molecule has 1 aromatic heterocycles. The normalized spacial score (nSPS) is 11.3. The van der Waals surface area contributed by atoms with Gasteiger partial charge < -0.3 is 10.1 Å². The van der Waals surface area contributed by atoms with Crippen LogP contribution < -0.4 is 5.32 Å². The summed E-state index contributed by atoms with van der Waals surface area (Å²) in [7, 11) is 0. The average Bonchev–Trinajstić information content (AvgIpc) is 2.74. The lowest BCUT2D eigenvalue weighted by Crippen LogP contribution is -2.26. The Morgan fingerprint density at radius 3 is 2.38 bits per heavy atom. The molecule has 0 aliphatic rings. The molecule has 1 N–H and O–H groups in total. The van der Waals surface area contributed by atoms with Crippen molar-refractivity contribution in [3.05, 3.63) is 99.3 Å². The van der Waals surface area contributed by atoms with Crippen LogP contribution in [0.25, 0.3) is 0 Å². The molecule has 3 rings (SSSR count). The Hall–Kier alpha value is -3.78. The fourth-order valence-electron chi connectivity index (χ4n) is 2.48. The molecule has 3 aromatic rings. The fourth-order valence-corrected chi connectivity index (χ4v) is 2.70. The zero-order valence-corrected chi connectivity index (χ0v) is 15.6. The van der Waals surface area contributed by atoms with Gasteiger partial charge in [0.15, 0.2) is 0 Å². The number of halogens is 1. The van der Waals surface area contributed by atoms with Crippen LogP contribution in [0.15, 0.2) is 73.1 Å². The van der Waals surface area contributed by atoms with E-state index in [9.17, 15) is 19.7 Å². The second-order valence-electron chi connectivity index (χ2n) is 5.84. The van der Waals surface area contributed by atoms with Crippen LogP contribution in [0.4, 0.5) is 11.4 Å². The number of carbonyl (C=O) groups excluding carboxylic acids is 2. The molecular weight excluding hydrogens is 398 g/mol. The van der Waals surface area contributed by atoms with Gasteiger partial charge >= 0.3 is 5.97 Å². The van der Waals surface area contributed by atoms with E-state index in [0.717, 1.165) is 6.07 Å². The van der Waals surface area contributed by atoms with Gasteiger partial charge in [0.2, 0.25) is 6.10 Å². The Morgan fingerprint density at radius 1 is 1.07 bits per heavy atom. The number of ether oxygens (including phenoxy) is 1. The number of pyridine rings is 1. The van der Waals surface area contributed by atoms with Crippen molar-refractivity contribution in [2.75, 3.05) is 5.32 Å². The van der Waals surface area contributed by atoms with Gasteiger partial charge in [-0.1, -0.05) is 41.9 Å². The van der Waals surface area contributed by atoms with Gasteiger partial charge in [-0.2, -0.15) is 0 Å². The van der Waals surface area contributed by atoms with Crippen molar-refractivity contribution in [3.8, 4) is 0 Å². The van der Waals surface area contributed by atoms with Gasteiger partial charge in [-0.05, 0) is 18.2 Å². The number of non-ortho nitro benzene ring substituents is 1. The van der Waals surface area contributed by atoms with E-state index >= 15 is 0 Å². The van der Waals surface area contributed by atoms with Crippen LogP contribution in [-0.2, 0) is 9.53 Å². The van der Waals surface area contributed by atoms with Crippen LogP contribution in [-0.4, -0.2) is 21.8 Å². The lowest BCUT2D eigenvalue weighted by Gasteiger charge is -2.18. The van der Waals surface area contributed by atoms with E-state index in [-0.39, 0.29) is 22.0 Å². The number of anilines is 1. The summed E-state index contributed by atoms with van der Waals surface area (Å²) in [4.78, 5) is 39.4. The van der Waals surface area contributed by atoms with E-state index in [0.29, 0.717) is 5.56 Å². The standard InChI is InChI=1S/C20H14ClN3O5/c21-16-12-15(24(27)28)6-7-17(16)23-19(25)18(13-4-2-1-3-5-13)29-20(26)14-8-10-22-11-9-14/h1-12,18H,(H,23,25)/t18-/m1/s1. The first-order valence-electron chi connectivity index (χ1n) is 8.36. The second kappa shape index (κ2) is 8.94. The Morgan fingerprint density at radius 2 is 1.76 bits per heavy atom. The summed E-state index contributed by atoms with van der Waals surface area (Å²) < 4.78 is 5.43. The number of rotatable bonds is 6. The summed E-state index contributed by atoms with van der Waals surface area (Å²) in [6.07, 6.45) is 1.61. The van der Waals surface area contributed by atoms with Gasteiger partial charge in [-0.15, -0.1) is 0 Å². The van der Waals surface area contributed by atoms with E-state index < -0.39 is 22.9 Å². The summed E-state index contributed by atoms with van der Waals surface area (Å²) in [6.45, 7) is 0. The molecule has 0 radical (unpaired) electrons. The van der Waals surface area contributed by atoms with Crippen LogP contribution in [0.1, 0.15) is 22.0 Å². The van der Waals surface area contributed by atoms with Gasteiger partial charge in [-0.25, -0.2) is 4.79 Å². The van der Waals surface area contributed by atoms with Gasteiger partial charge in [0.05, 0.1) is 21.2 Å². The van der Waals surface area contributed by atoms with Crippen molar-refractivity contribution in [2.45, 2.75) is 6.10 Å². The molecule has 1 heterocycles. The number of hydrogen-bond acceptors (Lipinski definition) is 6. The quantitative estimate of drug-likeness (QED) is 0.370.